The quantitative estimate of drug-likeness (QED) is 0.335. The minimum absolute atomic E-state index is 0.0706. The topological polar surface area (TPSA) is 113 Å². The number of carbonyl (C=O) groups excluding carboxylic acids is 1. The van der Waals surface area contributed by atoms with E-state index < -0.39 is 5.97 Å². The fourth-order valence-corrected chi connectivity index (χ4v) is 1.34. The Morgan fingerprint density at radius 2 is 1.13 bits per heavy atom. The SMILES string of the molecule is CC(=O)NCCOCCOCCOCCOCCOCC(=O)O. The van der Waals surface area contributed by atoms with E-state index in [9.17, 15) is 9.59 Å². The first-order chi connectivity index (χ1) is 11.1. The van der Waals surface area contributed by atoms with Gasteiger partial charge < -0.3 is 34.1 Å². The van der Waals surface area contributed by atoms with Crippen molar-refractivity contribution < 1.29 is 38.4 Å². The molecule has 9 heteroatoms. The van der Waals surface area contributed by atoms with Crippen LogP contribution in [-0.2, 0) is 33.3 Å². The molecule has 2 N–H and O–H groups in total. The van der Waals surface area contributed by atoms with Gasteiger partial charge in [0.05, 0.1) is 59.5 Å². The molecule has 0 unspecified atom stereocenters. The lowest BCUT2D eigenvalue weighted by atomic mass is 10.6. The first-order valence-electron chi connectivity index (χ1n) is 7.48. The molecule has 0 fully saturated rings. The standard InChI is InChI=1S/C14H27NO8/c1-13(16)15-2-3-19-4-5-20-6-7-21-8-9-22-10-11-23-12-14(17)18/h2-12H2,1H3,(H,15,16)(H,17,18). The monoisotopic (exact) mass is 337 g/mol. The number of hydrogen-bond donors (Lipinski definition) is 2. The van der Waals surface area contributed by atoms with Crippen molar-refractivity contribution in [3.8, 4) is 0 Å². The van der Waals surface area contributed by atoms with Crippen molar-refractivity contribution >= 4 is 11.9 Å². The van der Waals surface area contributed by atoms with E-state index in [4.69, 9.17) is 28.8 Å². The van der Waals surface area contributed by atoms with Gasteiger partial charge in [-0.05, 0) is 0 Å². The minimum Gasteiger partial charge on any atom is -0.480 e. The highest BCUT2D eigenvalue weighted by atomic mass is 16.6. The first-order valence-corrected chi connectivity index (χ1v) is 7.48. The molecule has 0 aromatic carbocycles. The number of aliphatic carboxylic acids is 1. The highest BCUT2D eigenvalue weighted by Gasteiger charge is 1.96. The first kappa shape index (κ1) is 21.7. The summed E-state index contributed by atoms with van der Waals surface area (Å²) in [6.45, 7) is 5.43. The summed E-state index contributed by atoms with van der Waals surface area (Å²) >= 11 is 0. The van der Waals surface area contributed by atoms with Gasteiger partial charge in [0.25, 0.3) is 0 Å². The average Bonchev–Trinajstić information content (AvgIpc) is 2.49. The lowest BCUT2D eigenvalue weighted by Gasteiger charge is -2.07. The van der Waals surface area contributed by atoms with E-state index >= 15 is 0 Å². The van der Waals surface area contributed by atoms with Gasteiger partial charge in [-0.25, -0.2) is 4.79 Å². The molecule has 23 heavy (non-hydrogen) atoms. The van der Waals surface area contributed by atoms with Crippen LogP contribution < -0.4 is 5.32 Å². The van der Waals surface area contributed by atoms with Crippen molar-refractivity contribution in [3.63, 3.8) is 0 Å². The second kappa shape index (κ2) is 17.1. The number of ether oxygens (including phenoxy) is 5. The van der Waals surface area contributed by atoms with Gasteiger partial charge in [0, 0.05) is 13.5 Å². The molecule has 0 aliphatic carbocycles. The van der Waals surface area contributed by atoms with E-state index in [0.29, 0.717) is 59.4 Å². The zero-order valence-corrected chi connectivity index (χ0v) is 13.6. The van der Waals surface area contributed by atoms with Gasteiger partial charge >= 0.3 is 5.97 Å². The number of nitrogens with one attached hydrogen (secondary N) is 1. The predicted octanol–water partition coefficient (Wildman–Crippen LogP) is -0.710. The van der Waals surface area contributed by atoms with Crippen molar-refractivity contribution in [2.45, 2.75) is 6.92 Å². The number of carbonyl (C=O) groups is 2. The third-order valence-electron chi connectivity index (χ3n) is 2.33. The Kier molecular flexibility index (Phi) is 16.2. The van der Waals surface area contributed by atoms with Crippen LogP contribution in [0.1, 0.15) is 6.92 Å². The summed E-state index contributed by atoms with van der Waals surface area (Å²) in [6.07, 6.45) is 0. The van der Waals surface area contributed by atoms with Crippen molar-refractivity contribution in [3.05, 3.63) is 0 Å². The Morgan fingerprint density at radius 3 is 1.52 bits per heavy atom. The summed E-state index contributed by atoms with van der Waals surface area (Å²) < 4.78 is 25.8. The predicted molar refractivity (Wildman–Crippen MR) is 80.4 cm³/mol. The Bertz CT molecular complexity index is 273. The van der Waals surface area contributed by atoms with Crippen LogP contribution in [0.3, 0.4) is 0 Å². The second-order valence-electron chi connectivity index (χ2n) is 4.38. The van der Waals surface area contributed by atoms with Gasteiger partial charge in [0.2, 0.25) is 5.91 Å². The summed E-state index contributed by atoms with van der Waals surface area (Å²) in [5.74, 6) is -1.06. The van der Waals surface area contributed by atoms with Crippen LogP contribution in [0.25, 0.3) is 0 Å². The Morgan fingerprint density at radius 1 is 0.739 bits per heavy atom. The molecule has 9 nitrogen and oxygen atoms in total. The van der Waals surface area contributed by atoms with E-state index in [1.54, 1.807) is 0 Å². The fraction of sp³-hybridized carbons (Fsp3) is 0.857. The summed E-state index contributed by atoms with van der Waals surface area (Å²) in [7, 11) is 0. The van der Waals surface area contributed by atoms with Crippen LogP contribution >= 0.6 is 0 Å². The molecule has 0 aromatic heterocycles. The number of rotatable bonds is 17. The third-order valence-corrected chi connectivity index (χ3v) is 2.33. The summed E-state index contributed by atoms with van der Waals surface area (Å²) in [5.41, 5.74) is 0. The van der Waals surface area contributed by atoms with Crippen LogP contribution in [0.4, 0.5) is 0 Å². The van der Waals surface area contributed by atoms with Gasteiger partial charge in [-0.1, -0.05) is 0 Å². The minimum atomic E-state index is -0.994. The van der Waals surface area contributed by atoms with E-state index in [0.717, 1.165) is 0 Å². The van der Waals surface area contributed by atoms with E-state index in [2.05, 4.69) is 5.32 Å². The van der Waals surface area contributed by atoms with Gasteiger partial charge in [-0.2, -0.15) is 0 Å². The number of amides is 1. The van der Waals surface area contributed by atoms with E-state index in [1.165, 1.54) is 6.92 Å². The Labute approximate surface area is 136 Å². The normalized spacial score (nSPS) is 10.7. The molecule has 0 aliphatic heterocycles. The molecule has 0 heterocycles. The number of carboxylic acids is 1. The van der Waals surface area contributed by atoms with Gasteiger partial charge in [-0.3, -0.25) is 4.79 Å². The molecular formula is C14H27NO8. The van der Waals surface area contributed by atoms with Crippen molar-refractivity contribution in [2.24, 2.45) is 0 Å². The van der Waals surface area contributed by atoms with Crippen LogP contribution in [0.2, 0.25) is 0 Å². The smallest absolute Gasteiger partial charge is 0.329 e. The molecule has 0 saturated carbocycles. The zero-order valence-electron chi connectivity index (χ0n) is 13.6. The molecular weight excluding hydrogens is 310 g/mol. The fourth-order valence-electron chi connectivity index (χ4n) is 1.34. The van der Waals surface area contributed by atoms with E-state index in [1.807, 2.05) is 0 Å². The maximum atomic E-state index is 10.6. The van der Waals surface area contributed by atoms with Gasteiger partial charge in [-0.15, -0.1) is 0 Å². The molecule has 0 saturated heterocycles. The summed E-state index contributed by atoms with van der Waals surface area (Å²) in [4.78, 5) is 20.7. The van der Waals surface area contributed by atoms with Gasteiger partial charge in [0.1, 0.15) is 6.61 Å². The molecule has 136 valence electrons. The van der Waals surface area contributed by atoms with Crippen molar-refractivity contribution in [2.75, 3.05) is 72.6 Å². The zero-order chi connectivity index (χ0) is 17.2. The highest BCUT2D eigenvalue weighted by molar-refractivity contribution is 5.72. The molecule has 0 aliphatic rings. The van der Waals surface area contributed by atoms with E-state index in [-0.39, 0.29) is 19.1 Å². The lowest BCUT2D eigenvalue weighted by molar-refractivity contribution is -0.142. The highest BCUT2D eigenvalue weighted by Crippen LogP contribution is 1.83. The Hall–Kier alpha value is -1.26. The Balaban J connectivity index is 3.00. The summed E-state index contributed by atoms with van der Waals surface area (Å²) in [6, 6.07) is 0. The second-order valence-corrected chi connectivity index (χ2v) is 4.38. The third kappa shape index (κ3) is 20.7. The summed E-state index contributed by atoms with van der Waals surface area (Å²) in [5, 5.41) is 11.0. The van der Waals surface area contributed by atoms with Gasteiger partial charge in [0.15, 0.2) is 0 Å². The van der Waals surface area contributed by atoms with Crippen molar-refractivity contribution in [1.82, 2.24) is 5.32 Å². The van der Waals surface area contributed by atoms with Crippen molar-refractivity contribution in [1.29, 1.82) is 0 Å². The maximum Gasteiger partial charge on any atom is 0.329 e. The molecule has 0 spiro atoms. The van der Waals surface area contributed by atoms with Crippen LogP contribution in [0.15, 0.2) is 0 Å². The van der Waals surface area contributed by atoms with Crippen LogP contribution in [0, 0.1) is 0 Å². The molecule has 0 radical (unpaired) electrons. The average molecular weight is 337 g/mol. The van der Waals surface area contributed by atoms with Crippen LogP contribution in [0.5, 0.6) is 0 Å². The maximum absolute atomic E-state index is 10.6. The number of carboxylic acid groups (broad SMARTS) is 1. The van der Waals surface area contributed by atoms with Crippen LogP contribution in [-0.4, -0.2) is 89.6 Å². The molecule has 0 atom stereocenters. The molecule has 1 amide bonds. The largest absolute Gasteiger partial charge is 0.480 e. The molecule has 0 bridgehead atoms. The number of hydrogen-bond acceptors (Lipinski definition) is 7. The molecule has 0 aromatic rings. The molecule has 0 rings (SSSR count). The lowest BCUT2D eigenvalue weighted by Crippen LogP contribution is -2.25.